The van der Waals surface area contributed by atoms with Gasteiger partial charge in [0.2, 0.25) is 0 Å². The van der Waals surface area contributed by atoms with Crippen molar-refractivity contribution in [2.75, 3.05) is 37.6 Å². The summed E-state index contributed by atoms with van der Waals surface area (Å²) in [6.45, 7) is 5.21. The fourth-order valence-electron chi connectivity index (χ4n) is 3.15. The second-order valence-electron chi connectivity index (χ2n) is 6.32. The van der Waals surface area contributed by atoms with Gasteiger partial charge in [-0.2, -0.15) is 0 Å². The molecule has 2 N–H and O–H groups in total. The predicted molar refractivity (Wildman–Crippen MR) is 95.5 cm³/mol. The van der Waals surface area contributed by atoms with Crippen molar-refractivity contribution in [1.29, 1.82) is 0 Å². The molecule has 4 nitrogen and oxygen atoms in total. The standard InChI is InChI=1S/C19H25FN4/c20-17-8-6-16(7-9-17)18(21)4-3-11-23-12-14-24(15-13-23)19-5-1-2-10-22-19/h1-2,5-10,18H,3-4,11-15,21H2. The molecular weight excluding hydrogens is 303 g/mol. The molecule has 1 atom stereocenters. The molecule has 1 aromatic carbocycles. The second kappa shape index (κ2) is 8.22. The number of rotatable bonds is 6. The lowest BCUT2D eigenvalue weighted by molar-refractivity contribution is 0.250. The fourth-order valence-corrected chi connectivity index (χ4v) is 3.15. The highest BCUT2D eigenvalue weighted by Crippen LogP contribution is 2.17. The number of halogens is 1. The van der Waals surface area contributed by atoms with Crippen LogP contribution in [0.4, 0.5) is 10.2 Å². The Balaban J connectivity index is 1.38. The Labute approximate surface area is 143 Å². The number of nitrogens with zero attached hydrogens (tertiary/aromatic N) is 3. The Kier molecular flexibility index (Phi) is 5.77. The number of anilines is 1. The van der Waals surface area contributed by atoms with Crippen LogP contribution in [-0.4, -0.2) is 42.6 Å². The number of hydrogen-bond donors (Lipinski definition) is 1. The van der Waals surface area contributed by atoms with Gasteiger partial charge in [0.25, 0.3) is 0 Å². The second-order valence-corrected chi connectivity index (χ2v) is 6.32. The van der Waals surface area contributed by atoms with Gasteiger partial charge in [0.1, 0.15) is 11.6 Å². The van der Waals surface area contributed by atoms with Crippen LogP contribution < -0.4 is 10.6 Å². The summed E-state index contributed by atoms with van der Waals surface area (Å²) in [5.41, 5.74) is 7.21. The normalized spacial score (nSPS) is 17.0. The third kappa shape index (κ3) is 4.52. The minimum atomic E-state index is -0.211. The van der Waals surface area contributed by atoms with Crippen molar-refractivity contribution in [1.82, 2.24) is 9.88 Å². The largest absolute Gasteiger partial charge is 0.354 e. The zero-order chi connectivity index (χ0) is 16.8. The minimum Gasteiger partial charge on any atom is -0.354 e. The summed E-state index contributed by atoms with van der Waals surface area (Å²) in [4.78, 5) is 9.23. The Morgan fingerprint density at radius 1 is 1.04 bits per heavy atom. The molecule has 0 aliphatic carbocycles. The van der Waals surface area contributed by atoms with E-state index in [9.17, 15) is 4.39 Å². The third-order valence-corrected chi connectivity index (χ3v) is 4.63. The van der Waals surface area contributed by atoms with Crippen LogP contribution in [0.15, 0.2) is 48.7 Å². The number of hydrogen-bond acceptors (Lipinski definition) is 4. The first-order chi connectivity index (χ1) is 11.7. The molecule has 3 rings (SSSR count). The van der Waals surface area contributed by atoms with Crippen LogP contribution in [0.25, 0.3) is 0 Å². The fraction of sp³-hybridized carbons (Fsp3) is 0.421. The van der Waals surface area contributed by atoms with Crippen molar-refractivity contribution in [2.45, 2.75) is 18.9 Å². The minimum absolute atomic E-state index is 0.0135. The van der Waals surface area contributed by atoms with Gasteiger partial charge in [0.05, 0.1) is 0 Å². The molecule has 1 saturated heterocycles. The van der Waals surface area contributed by atoms with Crippen molar-refractivity contribution in [3.63, 3.8) is 0 Å². The highest BCUT2D eigenvalue weighted by Gasteiger charge is 2.17. The zero-order valence-electron chi connectivity index (χ0n) is 13.9. The first kappa shape index (κ1) is 16.9. The summed E-state index contributed by atoms with van der Waals surface area (Å²) in [7, 11) is 0. The van der Waals surface area contributed by atoms with Crippen LogP contribution in [0.2, 0.25) is 0 Å². The van der Waals surface area contributed by atoms with E-state index in [1.807, 2.05) is 18.3 Å². The molecule has 1 aromatic heterocycles. The lowest BCUT2D eigenvalue weighted by atomic mass is 10.0. The quantitative estimate of drug-likeness (QED) is 0.886. The Hall–Kier alpha value is -1.98. The van der Waals surface area contributed by atoms with Gasteiger partial charge in [-0.1, -0.05) is 18.2 Å². The summed E-state index contributed by atoms with van der Waals surface area (Å²) in [5, 5.41) is 0. The maximum absolute atomic E-state index is 12.9. The lowest BCUT2D eigenvalue weighted by Gasteiger charge is -2.35. The van der Waals surface area contributed by atoms with E-state index in [1.165, 1.54) is 12.1 Å². The molecule has 1 unspecified atom stereocenters. The smallest absolute Gasteiger partial charge is 0.128 e. The van der Waals surface area contributed by atoms with E-state index >= 15 is 0 Å². The first-order valence-corrected chi connectivity index (χ1v) is 8.62. The molecular formula is C19H25FN4. The van der Waals surface area contributed by atoms with Crippen LogP contribution in [-0.2, 0) is 0 Å². The molecule has 2 heterocycles. The molecule has 128 valence electrons. The van der Waals surface area contributed by atoms with Crippen LogP contribution in [0.3, 0.4) is 0 Å². The summed E-state index contributed by atoms with van der Waals surface area (Å²) < 4.78 is 12.9. The van der Waals surface area contributed by atoms with Gasteiger partial charge in [0, 0.05) is 38.4 Å². The third-order valence-electron chi connectivity index (χ3n) is 4.63. The van der Waals surface area contributed by atoms with Crippen LogP contribution >= 0.6 is 0 Å². The molecule has 0 bridgehead atoms. The van der Waals surface area contributed by atoms with Gasteiger partial charge in [0.15, 0.2) is 0 Å². The number of benzene rings is 1. The van der Waals surface area contributed by atoms with Crippen molar-refractivity contribution >= 4 is 5.82 Å². The molecule has 0 radical (unpaired) electrons. The Bertz CT molecular complexity index is 609. The van der Waals surface area contributed by atoms with Crippen molar-refractivity contribution in [2.24, 2.45) is 5.73 Å². The Morgan fingerprint density at radius 2 is 1.79 bits per heavy atom. The number of nitrogens with two attached hydrogens (primary N) is 1. The maximum Gasteiger partial charge on any atom is 0.128 e. The predicted octanol–water partition coefficient (Wildman–Crippen LogP) is 2.82. The van der Waals surface area contributed by atoms with E-state index in [4.69, 9.17) is 5.73 Å². The summed E-state index contributed by atoms with van der Waals surface area (Å²) >= 11 is 0. The molecule has 0 saturated carbocycles. The van der Waals surface area contributed by atoms with Crippen LogP contribution in [0, 0.1) is 5.82 Å². The Morgan fingerprint density at radius 3 is 2.46 bits per heavy atom. The van der Waals surface area contributed by atoms with E-state index in [0.29, 0.717) is 0 Å². The van der Waals surface area contributed by atoms with Crippen LogP contribution in [0.1, 0.15) is 24.4 Å². The molecule has 5 heteroatoms. The van der Waals surface area contributed by atoms with Crippen molar-refractivity contribution in [3.8, 4) is 0 Å². The molecule has 1 aliphatic rings. The van der Waals surface area contributed by atoms with Gasteiger partial charge in [-0.25, -0.2) is 9.37 Å². The average molecular weight is 328 g/mol. The van der Waals surface area contributed by atoms with E-state index in [2.05, 4.69) is 20.9 Å². The summed E-state index contributed by atoms with van der Waals surface area (Å²) in [6, 6.07) is 12.6. The van der Waals surface area contributed by atoms with E-state index in [1.54, 1.807) is 12.1 Å². The van der Waals surface area contributed by atoms with Crippen LogP contribution in [0.5, 0.6) is 0 Å². The number of aromatic nitrogens is 1. The van der Waals surface area contributed by atoms with E-state index in [0.717, 1.165) is 56.9 Å². The molecule has 2 aromatic rings. The van der Waals surface area contributed by atoms with Gasteiger partial charge >= 0.3 is 0 Å². The summed E-state index contributed by atoms with van der Waals surface area (Å²) in [6.07, 6.45) is 3.83. The van der Waals surface area contributed by atoms with E-state index in [-0.39, 0.29) is 11.9 Å². The SMILES string of the molecule is NC(CCCN1CCN(c2ccccn2)CC1)c1ccc(F)cc1. The van der Waals surface area contributed by atoms with Gasteiger partial charge in [-0.3, -0.25) is 4.90 Å². The van der Waals surface area contributed by atoms with Crippen molar-refractivity contribution in [3.05, 3.63) is 60.0 Å². The molecule has 1 aliphatic heterocycles. The van der Waals surface area contributed by atoms with Gasteiger partial charge in [-0.05, 0) is 49.2 Å². The van der Waals surface area contributed by atoms with E-state index < -0.39 is 0 Å². The zero-order valence-corrected chi connectivity index (χ0v) is 13.9. The van der Waals surface area contributed by atoms with Crippen molar-refractivity contribution < 1.29 is 4.39 Å². The topological polar surface area (TPSA) is 45.4 Å². The highest BCUT2D eigenvalue weighted by atomic mass is 19.1. The number of pyridine rings is 1. The maximum atomic E-state index is 12.9. The van der Waals surface area contributed by atoms with Gasteiger partial charge in [-0.15, -0.1) is 0 Å². The molecule has 0 amide bonds. The average Bonchev–Trinajstić information content (AvgIpc) is 2.63. The summed E-state index contributed by atoms with van der Waals surface area (Å²) in [5.74, 6) is 0.854. The molecule has 24 heavy (non-hydrogen) atoms. The van der Waals surface area contributed by atoms with Gasteiger partial charge < -0.3 is 10.6 Å². The monoisotopic (exact) mass is 328 g/mol. The first-order valence-electron chi connectivity index (χ1n) is 8.62. The highest BCUT2D eigenvalue weighted by molar-refractivity contribution is 5.38. The number of piperazine rings is 1. The lowest BCUT2D eigenvalue weighted by Crippen LogP contribution is -2.47. The molecule has 0 spiro atoms. The molecule has 1 fully saturated rings.